The molecule has 0 aromatic heterocycles. The molecule has 1 heterocycles. The van der Waals surface area contributed by atoms with Gasteiger partial charge in [0.2, 0.25) is 15.9 Å². The van der Waals surface area contributed by atoms with Gasteiger partial charge in [-0.2, -0.15) is 0 Å². The van der Waals surface area contributed by atoms with E-state index in [4.69, 9.17) is 0 Å². The molecule has 1 aliphatic rings. The monoisotopic (exact) mass is 401 g/mol. The van der Waals surface area contributed by atoms with Gasteiger partial charge in [0.05, 0.1) is 18.4 Å². The summed E-state index contributed by atoms with van der Waals surface area (Å²) in [4.78, 5) is 12.4. The number of benzene rings is 2. The molecule has 1 amide bonds. The van der Waals surface area contributed by atoms with Crippen molar-refractivity contribution in [3.8, 4) is 0 Å². The summed E-state index contributed by atoms with van der Waals surface area (Å²) < 4.78 is 25.2. The smallest absolute Gasteiger partial charge is 0.229 e. The lowest BCUT2D eigenvalue weighted by molar-refractivity contribution is -0.115. The third-order valence-electron chi connectivity index (χ3n) is 4.89. The van der Waals surface area contributed by atoms with E-state index in [1.165, 1.54) is 12.0 Å². The van der Waals surface area contributed by atoms with Crippen molar-refractivity contribution in [3.05, 3.63) is 59.2 Å². The zero-order valence-electron chi connectivity index (χ0n) is 16.3. The Morgan fingerprint density at radius 3 is 2.50 bits per heavy atom. The Bertz CT molecular complexity index is 934. The van der Waals surface area contributed by atoms with Crippen LogP contribution in [0, 0.1) is 12.8 Å². The fourth-order valence-corrected chi connectivity index (χ4v) is 3.98. The first-order valence-corrected chi connectivity index (χ1v) is 11.3. The lowest BCUT2D eigenvalue weighted by atomic mass is 9.97. The molecule has 1 aliphatic heterocycles. The lowest BCUT2D eigenvalue weighted by Crippen LogP contribution is -2.16. The Balaban J connectivity index is 1.59. The van der Waals surface area contributed by atoms with E-state index in [9.17, 15) is 13.2 Å². The second-order valence-corrected chi connectivity index (χ2v) is 9.26. The number of hydrogen-bond acceptors (Lipinski definition) is 4. The second-order valence-electron chi connectivity index (χ2n) is 7.51. The average Bonchev–Trinajstić information content (AvgIpc) is 3.11. The van der Waals surface area contributed by atoms with E-state index in [2.05, 4.69) is 27.5 Å². The van der Waals surface area contributed by atoms with Gasteiger partial charge in [0.25, 0.3) is 0 Å². The number of nitrogens with one attached hydrogen (secondary N) is 3. The Kier molecular flexibility index (Phi) is 6.36. The zero-order valence-corrected chi connectivity index (χ0v) is 17.1. The lowest BCUT2D eigenvalue weighted by Gasteiger charge is -2.12. The van der Waals surface area contributed by atoms with Gasteiger partial charge in [-0.15, -0.1) is 0 Å². The molecule has 3 rings (SSSR count). The van der Waals surface area contributed by atoms with Crippen molar-refractivity contribution in [2.75, 3.05) is 29.4 Å². The van der Waals surface area contributed by atoms with E-state index in [0.29, 0.717) is 17.3 Å². The van der Waals surface area contributed by atoms with Crippen LogP contribution in [0.15, 0.2) is 42.5 Å². The number of amides is 1. The maximum Gasteiger partial charge on any atom is 0.229 e. The topological polar surface area (TPSA) is 87.3 Å². The number of carbonyl (C=O) groups excluding carboxylic acids is 1. The van der Waals surface area contributed by atoms with Gasteiger partial charge in [-0.05, 0) is 67.6 Å². The van der Waals surface area contributed by atoms with Crippen molar-refractivity contribution < 1.29 is 13.2 Å². The molecule has 2 aromatic rings. The van der Waals surface area contributed by atoms with Gasteiger partial charge in [-0.1, -0.05) is 30.3 Å². The Labute approximate surface area is 166 Å². The van der Waals surface area contributed by atoms with Crippen LogP contribution in [0.5, 0.6) is 0 Å². The van der Waals surface area contributed by atoms with Gasteiger partial charge in [-0.3, -0.25) is 9.52 Å². The van der Waals surface area contributed by atoms with E-state index in [-0.39, 0.29) is 12.3 Å². The Hall–Kier alpha value is -2.38. The SMILES string of the molecule is Cc1ccc(NS(C)(=O)=O)cc1NC(=O)Cc1ccc(CC2CCNC2)cc1. The predicted octanol–water partition coefficient (Wildman–Crippen LogP) is 2.70. The number of aryl methyl sites for hydroxylation is 1. The molecule has 0 aliphatic carbocycles. The summed E-state index contributed by atoms with van der Waals surface area (Å²) >= 11 is 0. The van der Waals surface area contributed by atoms with Crippen LogP contribution in [0.4, 0.5) is 11.4 Å². The number of hydrogen-bond donors (Lipinski definition) is 3. The molecule has 2 aromatic carbocycles. The molecule has 7 heteroatoms. The first kappa shape index (κ1) is 20.4. The minimum absolute atomic E-state index is 0.132. The predicted molar refractivity (Wildman–Crippen MR) is 113 cm³/mol. The molecule has 150 valence electrons. The van der Waals surface area contributed by atoms with Crippen LogP contribution in [0.3, 0.4) is 0 Å². The first-order valence-electron chi connectivity index (χ1n) is 9.45. The molecule has 3 N–H and O–H groups in total. The van der Waals surface area contributed by atoms with Crippen LogP contribution in [-0.4, -0.2) is 33.7 Å². The molecule has 0 radical (unpaired) electrons. The Morgan fingerprint density at radius 2 is 1.86 bits per heavy atom. The normalized spacial score (nSPS) is 16.7. The van der Waals surface area contributed by atoms with Crippen molar-refractivity contribution >= 4 is 27.3 Å². The van der Waals surface area contributed by atoms with Crippen LogP contribution in [-0.2, 0) is 27.7 Å². The quantitative estimate of drug-likeness (QED) is 0.666. The van der Waals surface area contributed by atoms with E-state index < -0.39 is 10.0 Å². The van der Waals surface area contributed by atoms with E-state index in [1.54, 1.807) is 18.2 Å². The first-order chi connectivity index (χ1) is 13.3. The third kappa shape index (κ3) is 6.07. The summed E-state index contributed by atoms with van der Waals surface area (Å²) in [7, 11) is -3.36. The van der Waals surface area contributed by atoms with Gasteiger partial charge in [0.15, 0.2) is 0 Å². The van der Waals surface area contributed by atoms with Crippen LogP contribution in [0.25, 0.3) is 0 Å². The van der Waals surface area contributed by atoms with Gasteiger partial charge >= 0.3 is 0 Å². The van der Waals surface area contributed by atoms with Gasteiger partial charge in [-0.25, -0.2) is 8.42 Å². The van der Waals surface area contributed by atoms with Crippen molar-refractivity contribution in [3.63, 3.8) is 0 Å². The molecule has 0 saturated carbocycles. The molecule has 0 spiro atoms. The molecule has 6 nitrogen and oxygen atoms in total. The van der Waals surface area contributed by atoms with Gasteiger partial charge in [0.1, 0.15) is 0 Å². The number of rotatable bonds is 7. The summed E-state index contributed by atoms with van der Waals surface area (Å²) in [5.74, 6) is 0.567. The molecule has 28 heavy (non-hydrogen) atoms. The van der Waals surface area contributed by atoms with Crippen molar-refractivity contribution in [1.29, 1.82) is 0 Å². The van der Waals surface area contributed by atoms with Crippen molar-refractivity contribution in [2.45, 2.75) is 26.2 Å². The molecule has 0 bridgehead atoms. The number of sulfonamides is 1. The Morgan fingerprint density at radius 1 is 1.14 bits per heavy atom. The minimum atomic E-state index is -3.36. The molecular formula is C21H27N3O3S. The summed E-state index contributed by atoms with van der Waals surface area (Å²) in [6, 6.07) is 13.3. The highest BCUT2D eigenvalue weighted by atomic mass is 32.2. The van der Waals surface area contributed by atoms with E-state index in [1.807, 2.05) is 19.1 Å². The fraction of sp³-hybridized carbons (Fsp3) is 0.381. The zero-order chi connectivity index (χ0) is 20.1. The maximum absolute atomic E-state index is 12.4. The molecule has 1 atom stereocenters. The number of anilines is 2. The largest absolute Gasteiger partial charge is 0.325 e. The highest BCUT2D eigenvalue weighted by molar-refractivity contribution is 7.92. The summed E-state index contributed by atoms with van der Waals surface area (Å²) in [5.41, 5.74) is 4.15. The third-order valence-corrected chi connectivity index (χ3v) is 5.50. The van der Waals surface area contributed by atoms with Crippen LogP contribution < -0.4 is 15.4 Å². The summed E-state index contributed by atoms with van der Waals surface area (Å²) in [5, 5.41) is 6.26. The highest BCUT2D eigenvalue weighted by Gasteiger charge is 2.15. The van der Waals surface area contributed by atoms with Crippen molar-refractivity contribution in [1.82, 2.24) is 5.32 Å². The van der Waals surface area contributed by atoms with Crippen LogP contribution in [0.2, 0.25) is 0 Å². The van der Waals surface area contributed by atoms with Gasteiger partial charge in [0, 0.05) is 5.69 Å². The number of carbonyl (C=O) groups is 1. The standard InChI is InChI=1S/C21H27N3O3S/c1-15-3-8-19(24-28(2,26)27)13-20(15)23-21(25)12-17-6-4-16(5-7-17)11-18-9-10-22-14-18/h3-8,13,18,22,24H,9-12,14H2,1-2H3,(H,23,25). The van der Waals surface area contributed by atoms with E-state index >= 15 is 0 Å². The van der Waals surface area contributed by atoms with Crippen molar-refractivity contribution in [2.24, 2.45) is 5.92 Å². The maximum atomic E-state index is 12.4. The molecule has 1 unspecified atom stereocenters. The van der Waals surface area contributed by atoms with Crippen LogP contribution in [0.1, 0.15) is 23.1 Å². The van der Waals surface area contributed by atoms with Gasteiger partial charge < -0.3 is 10.6 Å². The molecule has 1 fully saturated rings. The minimum Gasteiger partial charge on any atom is -0.325 e. The highest BCUT2D eigenvalue weighted by Crippen LogP contribution is 2.21. The molecule has 1 saturated heterocycles. The van der Waals surface area contributed by atoms with E-state index in [0.717, 1.165) is 36.9 Å². The fourth-order valence-electron chi connectivity index (χ4n) is 3.43. The molecular weight excluding hydrogens is 374 g/mol. The second kappa shape index (κ2) is 8.75. The summed E-state index contributed by atoms with van der Waals surface area (Å²) in [6.07, 6.45) is 3.65. The average molecular weight is 402 g/mol. The van der Waals surface area contributed by atoms with Crippen LogP contribution >= 0.6 is 0 Å². The summed E-state index contributed by atoms with van der Waals surface area (Å²) in [6.45, 7) is 4.05.